The number of aromatic nitrogens is 2. The lowest BCUT2D eigenvalue weighted by molar-refractivity contribution is 0.454. The molecule has 0 bridgehead atoms. The lowest BCUT2D eigenvalue weighted by atomic mass is 9.87. The zero-order chi connectivity index (χ0) is 20.1. The molecule has 1 N–H and O–H groups in total. The molecule has 3 aromatic rings. The average Bonchev–Trinajstić information content (AvgIpc) is 2.66. The van der Waals surface area contributed by atoms with E-state index in [9.17, 15) is 0 Å². The summed E-state index contributed by atoms with van der Waals surface area (Å²) in [5, 5.41) is 0. The topological polar surface area (TPSA) is 47.0 Å². The summed E-state index contributed by atoms with van der Waals surface area (Å²) >= 11 is 1.47. The van der Waals surface area contributed by atoms with Crippen molar-refractivity contribution in [1.29, 1.82) is 0 Å². The Morgan fingerprint density at radius 3 is 2.14 bits per heavy atom. The van der Waals surface area contributed by atoms with E-state index in [1.165, 1.54) is 11.9 Å². The smallest absolute Gasteiger partial charge is 0.236 e. The van der Waals surface area contributed by atoms with Gasteiger partial charge >= 0.3 is 0 Å². The van der Waals surface area contributed by atoms with Crippen LogP contribution in [0.4, 0.5) is 5.95 Å². The first-order chi connectivity index (χ1) is 13.3. The van der Waals surface area contributed by atoms with E-state index >= 15 is 0 Å². The van der Waals surface area contributed by atoms with Crippen molar-refractivity contribution in [2.75, 3.05) is 4.72 Å². The third-order valence-electron chi connectivity index (χ3n) is 3.97. The summed E-state index contributed by atoms with van der Waals surface area (Å²) in [4.78, 5) is 10.5. The number of hydrogen-bond acceptors (Lipinski definition) is 5. The van der Waals surface area contributed by atoms with Gasteiger partial charge in [-0.15, -0.1) is 0 Å². The quantitative estimate of drug-likeness (QED) is 0.473. The van der Waals surface area contributed by atoms with E-state index in [2.05, 4.69) is 37.1 Å². The van der Waals surface area contributed by atoms with Crippen LogP contribution in [0.5, 0.6) is 11.6 Å². The Balaban J connectivity index is 2.02. The second-order valence-electron chi connectivity index (χ2n) is 7.54. The van der Waals surface area contributed by atoms with E-state index in [4.69, 9.17) is 9.72 Å². The Bertz CT molecular complexity index is 951. The number of hydrogen-bond donors (Lipinski definition) is 1. The fourth-order valence-corrected chi connectivity index (χ4v) is 3.27. The first-order valence-corrected chi connectivity index (χ1v) is 9.95. The average molecular weight is 392 g/mol. The van der Waals surface area contributed by atoms with E-state index in [0.717, 1.165) is 27.5 Å². The highest BCUT2D eigenvalue weighted by Crippen LogP contribution is 2.37. The number of anilines is 1. The minimum atomic E-state index is -0.195. The number of allylic oxidation sites excluding steroid dienone is 1. The minimum absolute atomic E-state index is 0.195. The van der Waals surface area contributed by atoms with Gasteiger partial charge in [-0.1, -0.05) is 63.7 Å². The molecule has 1 heterocycles. The second kappa shape index (κ2) is 8.48. The van der Waals surface area contributed by atoms with E-state index < -0.39 is 0 Å². The number of nitrogens with zero attached hydrogens (tertiary/aromatic N) is 2. The normalized spacial score (nSPS) is 11.1. The van der Waals surface area contributed by atoms with Crippen molar-refractivity contribution in [1.82, 2.24) is 9.97 Å². The van der Waals surface area contributed by atoms with Crippen molar-refractivity contribution < 1.29 is 4.74 Å². The Morgan fingerprint density at radius 1 is 0.964 bits per heavy atom. The molecule has 5 heteroatoms. The molecule has 0 aliphatic rings. The Labute approximate surface area is 171 Å². The molecule has 144 valence electrons. The van der Waals surface area contributed by atoms with Crippen LogP contribution in [0.25, 0.3) is 5.57 Å². The van der Waals surface area contributed by atoms with Gasteiger partial charge in [-0.3, -0.25) is 4.72 Å². The lowest BCUT2D eigenvalue weighted by Gasteiger charge is -2.24. The molecule has 2 aromatic carbocycles. The summed E-state index contributed by atoms with van der Waals surface area (Å²) in [6.07, 6.45) is 0. The van der Waals surface area contributed by atoms with E-state index in [1.54, 1.807) is 0 Å². The molecule has 0 amide bonds. The molecule has 0 fully saturated rings. The summed E-state index contributed by atoms with van der Waals surface area (Å²) in [5.74, 6) is 1.75. The molecule has 0 unspecified atom stereocenters. The third-order valence-corrected chi connectivity index (χ3v) is 4.77. The fraction of sp³-hybridized carbons (Fsp3) is 0.217. The van der Waals surface area contributed by atoms with E-state index in [0.29, 0.717) is 11.8 Å². The van der Waals surface area contributed by atoms with Gasteiger partial charge in [-0.05, 0) is 48.7 Å². The molecule has 0 radical (unpaired) electrons. The van der Waals surface area contributed by atoms with Crippen molar-refractivity contribution in [2.45, 2.75) is 38.0 Å². The Hall–Kier alpha value is -2.79. The molecular weight excluding hydrogens is 366 g/mol. The van der Waals surface area contributed by atoms with Crippen molar-refractivity contribution in [3.05, 3.63) is 78.5 Å². The minimum Gasteiger partial charge on any atom is -0.438 e. The number of nitrogens with one attached hydrogen (secondary N) is 1. The maximum absolute atomic E-state index is 6.14. The van der Waals surface area contributed by atoms with Crippen LogP contribution in [-0.4, -0.2) is 9.97 Å². The van der Waals surface area contributed by atoms with Crippen LogP contribution < -0.4 is 9.46 Å². The van der Waals surface area contributed by atoms with E-state index in [1.807, 2.05) is 67.6 Å². The molecule has 4 nitrogen and oxygen atoms in total. The largest absolute Gasteiger partial charge is 0.438 e. The molecule has 0 saturated carbocycles. The summed E-state index contributed by atoms with van der Waals surface area (Å²) < 4.78 is 9.39. The van der Waals surface area contributed by atoms with Gasteiger partial charge in [0.05, 0.1) is 11.3 Å². The standard InChI is InChI=1S/C23H25N3OS/c1-16(2)19-20(23(3,4)5)24-22(26-28-18-14-10-7-11-15-18)25-21(19)27-17-12-8-6-9-13-17/h6-15H,1H2,2-5H3,(H,24,25,26). The zero-order valence-corrected chi connectivity index (χ0v) is 17.5. The van der Waals surface area contributed by atoms with Gasteiger partial charge in [-0.25, -0.2) is 4.98 Å². The van der Waals surface area contributed by atoms with Crippen molar-refractivity contribution >= 4 is 23.5 Å². The highest BCUT2D eigenvalue weighted by molar-refractivity contribution is 8.00. The van der Waals surface area contributed by atoms with Gasteiger partial charge in [0.2, 0.25) is 11.8 Å². The number of rotatable bonds is 6. The first-order valence-electron chi connectivity index (χ1n) is 9.14. The Morgan fingerprint density at radius 2 is 1.57 bits per heavy atom. The van der Waals surface area contributed by atoms with Gasteiger partial charge in [0, 0.05) is 10.3 Å². The first kappa shape index (κ1) is 20.0. The van der Waals surface area contributed by atoms with Crippen molar-refractivity contribution in [3.63, 3.8) is 0 Å². The molecule has 1 aromatic heterocycles. The van der Waals surface area contributed by atoms with Gasteiger partial charge < -0.3 is 4.74 Å². The van der Waals surface area contributed by atoms with Gasteiger partial charge in [0.25, 0.3) is 0 Å². The molecule has 3 rings (SSSR count). The van der Waals surface area contributed by atoms with Crippen LogP contribution in [-0.2, 0) is 5.41 Å². The summed E-state index contributed by atoms with van der Waals surface area (Å²) in [5.41, 5.74) is 2.43. The van der Waals surface area contributed by atoms with Gasteiger partial charge in [0.1, 0.15) is 5.75 Å². The number of ether oxygens (including phenoxy) is 1. The molecule has 0 atom stereocenters. The highest BCUT2D eigenvalue weighted by Gasteiger charge is 2.26. The monoisotopic (exact) mass is 391 g/mol. The van der Waals surface area contributed by atoms with Crippen molar-refractivity contribution in [3.8, 4) is 11.6 Å². The Kier molecular flexibility index (Phi) is 6.05. The predicted octanol–water partition coefficient (Wildman–Crippen LogP) is 6.72. The number of benzene rings is 2. The number of para-hydroxylation sites is 1. The van der Waals surface area contributed by atoms with Crippen LogP contribution in [0.15, 0.2) is 72.1 Å². The zero-order valence-electron chi connectivity index (χ0n) is 16.7. The van der Waals surface area contributed by atoms with Crippen LogP contribution in [0.2, 0.25) is 0 Å². The summed E-state index contributed by atoms with van der Waals surface area (Å²) in [6, 6.07) is 19.7. The molecule has 0 spiro atoms. The predicted molar refractivity (Wildman–Crippen MR) is 118 cm³/mol. The van der Waals surface area contributed by atoms with Crippen LogP contribution in [0, 0.1) is 0 Å². The van der Waals surface area contributed by atoms with Gasteiger partial charge in [0.15, 0.2) is 0 Å². The van der Waals surface area contributed by atoms with Crippen molar-refractivity contribution in [2.24, 2.45) is 0 Å². The summed E-state index contributed by atoms with van der Waals surface area (Å²) in [7, 11) is 0. The fourth-order valence-electron chi connectivity index (χ4n) is 2.68. The van der Waals surface area contributed by atoms with Gasteiger partial charge in [-0.2, -0.15) is 4.98 Å². The lowest BCUT2D eigenvalue weighted by Crippen LogP contribution is -2.18. The maximum Gasteiger partial charge on any atom is 0.236 e. The summed E-state index contributed by atoms with van der Waals surface area (Å²) in [6.45, 7) is 12.5. The van der Waals surface area contributed by atoms with Crippen LogP contribution in [0.3, 0.4) is 0 Å². The highest BCUT2D eigenvalue weighted by atomic mass is 32.2. The second-order valence-corrected chi connectivity index (χ2v) is 8.42. The SMILES string of the molecule is C=C(C)c1c(Oc2ccccc2)nc(NSc2ccccc2)nc1C(C)(C)C. The molecule has 0 aliphatic carbocycles. The van der Waals surface area contributed by atoms with Crippen LogP contribution in [0.1, 0.15) is 39.0 Å². The molecular formula is C23H25N3OS. The third kappa shape index (κ3) is 4.93. The molecule has 0 aliphatic heterocycles. The molecule has 28 heavy (non-hydrogen) atoms. The molecule has 0 saturated heterocycles. The maximum atomic E-state index is 6.14. The van der Waals surface area contributed by atoms with E-state index in [-0.39, 0.29) is 5.41 Å². The van der Waals surface area contributed by atoms with Crippen LogP contribution >= 0.6 is 11.9 Å².